The van der Waals surface area contributed by atoms with Gasteiger partial charge in [-0.2, -0.15) is 0 Å². The van der Waals surface area contributed by atoms with Gasteiger partial charge in [-0.3, -0.25) is 0 Å². The van der Waals surface area contributed by atoms with E-state index in [9.17, 15) is 9.90 Å². The number of hydrogen-bond donors (Lipinski definition) is 1. The maximum Gasteiger partial charge on any atom is 0.203 e. The van der Waals surface area contributed by atoms with Gasteiger partial charge in [0.25, 0.3) is 0 Å². The van der Waals surface area contributed by atoms with E-state index in [1.165, 1.54) is 0 Å². The summed E-state index contributed by atoms with van der Waals surface area (Å²) in [4.78, 5) is 11.8. The smallest absolute Gasteiger partial charge is 0.203 e. The standard InChI is InChI=1S/C16H25NO5/c1-11(2)8-17(10-15(18)19)9-12-6-13(20-3)16(22-5)14(7-12)21-4/h6-7,11H,8-10H2,1-5H3,(H,18,19). The molecule has 1 aromatic carbocycles. The molecule has 1 unspecified atom stereocenters. The zero-order chi connectivity index (χ0) is 16.7. The van der Waals surface area contributed by atoms with E-state index >= 15 is 0 Å². The summed E-state index contributed by atoms with van der Waals surface area (Å²) in [6, 6.07) is 3.69. The Morgan fingerprint density at radius 1 is 1.14 bits per heavy atom. The fourth-order valence-corrected chi connectivity index (χ4v) is 2.51. The molecule has 0 heterocycles. The summed E-state index contributed by atoms with van der Waals surface area (Å²) < 4.78 is 15.9. The summed E-state index contributed by atoms with van der Waals surface area (Å²) in [6.45, 7) is 5.37. The molecule has 0 bridgehead atoms. The first kappa shape index (κ1) is 18.1. The van der Waals surface area contributed by atoms with Crippen molar-refractivity contribution in [1.82, 2.24) is 0 Å². The van der Waals surface area contributed by atoms with Crippen LogP contribution in [0.4, 0.5) is 0 Å². The highest BCUT2D eigenvalue weighted by atomic mass is 16.5. The Hall–Kier alpha value is -1.95. The van der Waals surface area contributed by atoms with Crippen molar-refractivity contribution in [2.24, 2.45) is 5.92 Å². The lowest BCUT2D eigenvalue weighted by Crippen LogP contribution is -3.12. The van der Waals surface area contributed by atoms with Crippen molar-refractivity contribution in [2.75, 3.05) is 34.4 Å². The third kappa shape index (κ3) is 5.11. The van der Waals surface area contributed by atoms with Gasteiger partial charge in [-0.15, -0.1) is 0 Å². The number of nitrogens with one attached hydrogen (secondary N) is 1. The van der Waals surface area contributed by atoms with Gasteiger partial charge in [-0.25, -0.2) is 0 Å². The molecule has 1 N–H and O–H groups in total. The number of carbonyl (C=O) groups is 1. The van der Waals surface area contributed by atoms with E-state index in [4.69, 9.17) is 14.2 Å². The molecule has 1 aromatic rings. The lowest BCUT2D eigenvalue weighted by atomic mass is 10.1. The van der Waals surface area contributed by atoms with Crippen LogP contribution in [0.25, 0.3) is 0 Å². The topological polar surface area (TPSA) is 72.3 Å². The normalized spacial score (nSPS) is 12.1. The molecule has 22 heavy (non-hydrogen) atoms. The van der Waals surface area contributed by atoms with Crippen molar-refractivity contribution in [1.29, 1.82) is 0 Å². The largest absolute Gasteiger partial charge is 0.544 e. The van der Waals surface area contributed by atoms with Crippen molar-refractivity contribution >= 4 is 5.97 Å². The van der Waals surface area contributed by atoms with E-state index in [1.807, 2.05) is 12.1 Å². The van der Waals surface area contributed by atoms with E-state index in [0.717, 1.165) is 17.0 Å². The monoisotopic (exact) mass is 311 g/mol. The molecule has 0 spiro atoms. The van der Waals surface area contributed by atoms with Crippen molar-refractivity contribution in [3.8, 4) is 17.2 Å². The Balaban J connectivity index is 3.05. The Morgan fingerprint density at radius 3 is 2.05 bits per heavy atom. The summed E-state index contributed by atoms with van der Waals surface area (Å²) in [7, 11) is 4.66. The number of carboxylic acids is 1. The van der Waals surface area contributed by atoms with Crippen molar-refractivity contribution in [3.63, 3.8) is 0 Å². The zero-order valence-electron chi connectivity index (χ0n) is 13.9. The van der Waals surface area contributed by atoms with Crippen molar-refractivity contribution in [3.05, 3.63) is 17.7 Å². The minimum atomic E-state index is -1.05. The van der Waals surface area contributed by atoms with Crippen LogP contribution >= 0.6 is 0 Å². The van der Waals surface area contributed by atoms with Gasteiger partial charge in [0.15, 0.2) is 11.5 Å². The molecule has 1 rings (SSSR count). The third-order valence-electron chi connectivity index (χ3n) is 3.27. The number of methoxy groups -OCH3 is 3. The molecule has 0 saturated carbocycles. The Labute approximate surface area is 131 Å². The van der Waals surface area contributed by atoms with E-state index < -0.39 is 5.97 Å². The number of ether oxygens (including phenoxy) is 3. The van der Waals surface area contributed by atoms with Gasteiger partial charge in [0, 0.05) is 11.5 Å². The molecule has 6 heteroatoms. The second kappa shape index (κ2) is 8.48. The average Bonchev–Trinajstić information content (AvgIpc) is 2.44. The number of aliphatic carboxylic acids is 1. The van der Waals surface area contributed by atoms with Crippen LogP contribution in [0.2, 0.25) is 0 Å². The maximum atomic E-state index is 10.9. The second-order valence-corrected chi connectivity index (χ2v) is 5.61. The Bertz CT molecular complexity index is 476. The molecule has 124 valence electrons. The quantitative estimate of drug-likeness (QED) is 0.666. The van der Waals surface area contributed by atoms with Crippen LogP contribution in [0.5, 0.6) is 17.2 Å². The SMILES string of the molecule is COc1cc(C[NH+](CC(=O)[O-])CC(C)C)cc(OC)c1OC. The fourth-order valence-electron chi connectivity index (χ4n) is 2.51. The summed E-state index contributed by atoms with van der Waals surface area (Å²) >= 11 is 0. The van der Waals surface area contributed by atoms with Crippen molar-refractivity contribution in [2.45, 2.75) is 20.4 Å². The molecular weight excluding hydrogens is 286 g/mol. The van der Waals surface area contributed by atoms with Gasteiger partial charge in [0.2, 0.25) is 5.75 Å². The number of benzene rings is 1. The molecule has 0 amide bonds. The van der Waals surface area contributed by atoms with E-state index in [1.54, 1.807) is 21.3 Å². The van der Waals surface area contributed by atoms with Crippen LogP contribution < -0.4 is 24.2 Å². The number of quaternary nitrogens is 1. The van der Waals surface area contributed by atoms with Gasteiger partial charge in [-0.1, -0.05) is 13.8 Å². The van der Waals surface area contributed by atoms with Crippen LogP contribution in [0.3, 0.4) is 0 Å². The molecule has 0 aliphatic heterocycles. The minimum absolute atomic E-state index is 0.0329. The van der Waals surface area contributed by atoms with Gasteiger partial charge < -0.3 is 29.0 Å². The molecule has 0 radical (unpaired) electrons. The van der Waals surface area contributed by atoms with Gasteiger partial charge >= 0.3 is 0 Å². The van der Waals surface area contributed by atoms with E-state index in [0.29, 0.717) is 29.7 Å². The number of rotatable bonds is 9. The fraction of sp³-hybridized carbons (Fsp3) is 0.562. The molecular formula is C16H25NO5. The first-order valence-electron chi connectivity index (χ1n) is 7.23. The number of carboxylic acid groups (broad SMARTS) is 1. The minimum Gasteiger partial charge on any atom is -0.544 e. The third-order valence-corrected chi connectivity index (χ3v) is 3.27. The summed E-state index contributed by atoms with van der Waals surface area (Å²) in [5, 5.41) is 10.9. The summed E-state index contributed by atoms with van der Waals surface area (Å²) in [5.74, 6) is 0.988. The molecule has 0 aliphatic rings. The molecule has 6 nitrogen and oxygen atoms in total. The predicted molar refractivity (Wildman–Crippen MR) is 80.3 cm³/mol. The lowest BCUT2D eigenvalue weighted by Gasteiger charge is -2.22. The number of hydrogen-bond acceptors (Lipinski definition) is 5. The van der Waals surface area contributed by atoms with Crippen molar-refractivity contribution < 1.29 is 29.0 Å². The highest BCUT2D eigenvalue weighted by Gasteiger charge is 2.17. The van der Waals surface area contributed by atoms with Gasteiger partial charge in [0.1, 0.15) is 13.1 Å². The maximum absolute atomic E-state index is 10.9. The first-order valence-corrected chi connectivity index (χ1v) is 7.23. The molecule has 0 saturated heterocycles. The Kier molecular flexibility index (Phi) is 6.98. The van der Waals surface area contributed by atoms with Crippen LogP contribution in [-0.4, -0.2) is 40.4 Å². The second-order valence-electron chi connectivity index (χ2n) is 5.61. The van der Waals surface area contributed by atoms with Crippen LogP contribution in [0.15, 0.2) is 12.1 Å². The average molecular weight is 311 g/mol. The highest BCUT2D eigenvalue weighted by molar-refractivity contribution is 5.65. The molecule has 0 fully saturated rings. The van der Waals surface area contributed by atoms with E-state index in [2.05, 4.69) is 13.8 Å². The zero-order valence-corrected chi connectivity index (χ0v) is 13.9. The number of carbonyl (C=O) groups excluding carboxylic acids is 1. The first-order chi connectivity index (χ1) is 10.4. The van der Waals surface area contributed by atoms with Crippen LogP contribution in [0, 0.1) is 5.92 Å². The molecule has 0 aromatic heterocycles. The van der Waals surface area contributed by atoms with Crippen LogP contribution in [0.1, 0.15) is 19.4 Å². The summed E-state index contributed by atoms with van der Waals surface area (Å²) in [6.07, 6.45) is 0. The van der Waals surface area contributed by atoms with Crippen LogP contribution in [-0.2, 0) is 11.3 Å². The Morgan fingerprint density at radius 2 is 1.68 bits per heavy atom. The molecule has 1 atom stereocenters. The van der Waals surface area contributed by atoms with Gasteiger partial charge in [-0.05, 0) is 12.1 Å². The van der Waals surface area contributed by atoms with Gasteiger partial charge in [0.05, 0.1) is 33.8 Å². The van der Waals surface area contributed by atoms with E-state index in [-0.39, 0.29) is 6.54 Å². The summed E-state index contributed by atoms with van der Waals surface area (Å²) in [5.41, 5.74) is 0.923. The molecule has 0 aliphatic carbocycles. The predicted octanol–water partition coefficient (Wildman–Crippen LogP) is -0.497. The highest BCUT2D eigenvalue weighted by Crippen LogP contribution is 2.37. The lowest BCUT2D eigenvalue weighted by molar-refractivity contribution is -0.911.